The third-order valence-electron chi connectivity index (χ3n) is 7.26. The average molecular weight is 647 g/mol. The molecule has 1 aliphatic heterocycles. The number of unbranched alkanes of at least 4 members (excludes halogenated alkanes) is 4. The minimum absolute atomic E-state index is 0. The van der Waals surface area contributed by atoms with Gasteiger partial charge in [0.15, 0.2) is 23.0 Å². The van der Waals surface area contributed by atoms with Gasteiger partial charge in [0.25, 0.3) is 0 Å². The number of aromatic hydroxyl groups is 4. The zero-order valence-electron chi connectivity index (χ0n) is 22.1. The molecule has 210 valence electrons. The van der Waals surface area contributed by atoms with Gasteiger partial charge in [0.2, 0.25) is 0 Å². The van der Waals surface area contributed by atoms with Crippen molar-refractivity contribution in [2.45, 2.75) is 77.2 Å². The van der Waals surface area contributed by atoms with Gasteiger partial charge >= 0.3 is 0 Å². The van der Waals surface area contributed by atoms with Gasteiger partial charge in [0.1, 0.15) is 0 Å². The molecular weight excluding hydrogens is 600 g/mol. The van der Waals surface area contributed by atoms with Crippen LogP contribution in [-0.4, -0.2) is 69.0 Å². The first kappa shape index (κ1) is 33.5. The lowest BCUT2D eigenvalue weighted by molar-refractivity contribution is 0.242. The minimum Gasteiger partial charge on any atom is -0.504 e. The van der Waals surface area contributed by atoms with E-state index < -0.39 is 0 Å². The molecule has 6 nitrogen and oxygen atoms in total. The monoisotopic (exact) mass is 644 g/mol. The Balaban J connectivity index is 0.00000342. The largest absolute Gasteiger partial charge is 0.504 e. The Bertz CT molecular complexity index is 915. The van der Waals surface area contributed by atoms with Gasteiger partial charge in [0, 0.05) is 12.6 Å². The fraction of sp³-hybridized carbons (Fsp3) is 0.586. The molecule has 1 fully saturated rings. The summed E-state index contributed by atoms with van der Waals surface area (Å²) in [7, 11) is 0. The molecule has 0 saturated carbocycles. The normalized spacial score (nSPS) is 15.5. The molecule has 2 aromatic rings. The van der Waals surface area contributed by atoms with Gasteiger partial charge in [-0.2, -0.15) is 0 Å². The number of likely N-dealkylation sites (tertiary alicyclic amines) is 1. The highest BCUT2D eigenvalue weighted by Gasteiger charge is 2.24. The second-order valence-electron chi connectivity index (χ2n) is 10.0. The Labute approximate surface area is 243 Å². The SMILES string of the molecule is Br.Br.CCCCN(CCCCCCN1CCCC1Cc1ccc(O)c(O)c1)CCc1ccc(O)c(O)c1. The van der Waals surface area contributed by atoms with Crippen LogP contribution in [-0.2, 0) is 12.8 Å². The van der Waals surface area contributed by atoms with Crippen molar-refractivity contribution >= 4 is 34.0 Å². The number of rotatable bonds is 15. The summed E-state index contributed by atoms with van der Waals surface area (Å²) in [5.74, 6) is -0.174. The molecule has 2 aromatic carbocycles. The quantitative estimate of drug-likeness (QED) is 0.129. The Morgan fingerprint density at radius 2 is 1.38 bits per heavy atom. The number of halogens is 2. The van der Waals surface area contributed by atoms with Crippen LogP contribution >= 0.6 is 34.0 Å². The van der Waals surface area contributed by atoms with E-state index >= 15 is 0 Å². The maximum Gasteiger partial charge on any atom is 0.157 e. The van der Waals surface area contributed by atoms with Crippen molar-refractivity contribution in [3.05, 3.63) is 47.5 Å². The Morgan fingerprint density at radius 3 is 2.05 bits per heavy atom. The summed E-state index contributed by atoms with van der Waals surface area (Å²) in [6.07, 6.45) is 11.6. The molecule has 1 heterocycles. The highest BCUT2D eigenvalue weighted by atomic mass is 79.9. The molecule has 0 aromatic heterocycles. The van der Waals surface area contributed by atoms with Crippen molar-refractivity contribution < 1.29 is 20.4 Å². The standard InChI is InChI=1S/C29H44N2O4.2BrH/c1-2-3-15-30(19-14-23-10-12-26(32)28(34)21-23)16-6-4-5-7-17-31-18-8-9-25(31)20-24-11-13-27(33)29(35)22-24;;/h10-13,21-22,25,32-35H,2-9,14-20H2,1H3;2*1H. The fourth-order valence-corrected chi connectivity index (χ4v) is 5.12. The molecular formula is C29H46Br2N2O4. The predicted molar refractivity (Wildman–Crippen MR) is 162 cm³/mol. The second-order valence-corrected chi connectivity index (χ2v) is 10.0. The smallest absolute Gasteiger partial charge is 0.157 e. The Kier molecular flexibility index (Phi) is 16.3. The van der Waals surface area contributed by atoms with Crippen LogP contribution in [0.3, 0.4) is 0 Å². The van der Waals surface area contributed by atoms with Crippen LogP contribution < -0.4 is 0 Å². The molecule has 1 unspecified atom stereocenters. The number of nitrogens with zero attached hydrogens (tertiary/aromatic N) is 2. The summed E-state index contributed by atoms with van der Waals surface area (Å²) in [6, 6.07) is 10.9. The Hall–Kier alpha value is -1.48. The third-order valence-corrected chi connectivity index (χ3v) is 7.26. The van der Waals surface area contributed by atoms with E-state index in [1.165, 1.54) is 51.4 Å². The molecule has 0 radical (unpaired) electrons. The van der Waals surface area contributed by atoms with Gasteiger partial charge in [-0.1, -0.05) is 38.3 Å². The molecule has 0 bridgehead atoms. The summed E-state index contributed by atoms with van der Waals surface area (Å²) in [4.78, 5) is 5.14. The lowest BCUT2D eigenvalue weighted by Crippen LogP contribution is -2.32. The topological polar surface area (TPSA) is 87.4 Å². The lowest BCUT2D eigenvalue weighted by Gasteiger charge is -2.25. The number of phenolic OH excluding ortho intramolecular Hbond substituents is 4. The van der Waals surface area contributed by atoms with E-state index in [1.54, 1.807) is 24.3 Å². The van der Waals surface area contributed by atoms with Crippen molar-refractivity contribution in [3.8, 4) is 23.0 Å². The summed E-state index contributed by atoms with van der Waals surface area (Å²) < 4.78 is 0. The van der Waals surface area contributed by atoms with Crippen molar-refractivity contribution in [2.24, 2.45) is 0 Å². The van der Waals surface area contributed by atoms with E-state index in [9.17, 15) is 20.4 Å². The minimum atomic E-state index is -0.0588. The lowest BCUT2D eigenvalue weighted by atomic mass is 10.0. The highest BCUT2D eigenvalue weighted by molar-refractivity contribution is 8.93. The van der Waals surface area contributed by atoms with Crippen LogP contribution in [0.1, 0.15) is 69.4 Å². The Morgan fingerprint density at radius 1 is 0.757 bits per heavy atom. The molecule has 1 atom stereocenters. The number of phenols is 4. The molecule has 3 rings (SSSR count). The molecule has 0 spiro atoms. The first-order valence-electron chi connectivity index (χ1n) is 13.4. The van der Waals surface area contributed by atoms with Gasteiger partial charge < -0.3 is 30.2 Å². The van der Waals surface area contributed by atoms with Gasteiger partial charge in [-0.3, -0.25) is 0 Å². The molecule has 8 heteroatoms. The van der Waals surface area contributed by atoms with E-state index in [-0.39, 0.29) is 57.0 Å². The highest BCUT2D eigenvalue weighted by Crippen LogP contribution is 2.28. The predicted octanol–water partition coefficient (Wildman–Crippen LogP) is 6.58. The van der Waals surface area contributed by atoms with Crippen LogP contribution in [0.5, 0.6) is 23.0 Å². The zero-order chi connectivity index (χ0) is 25.0. The third kappa shape index (κ3) is 11.4. The molecule has 1 aliphatic rings. The van der Waals surface area contributed by atoms with Crippen molar-refractivity contribution in [3.63, 3.8) is 0 Å². The number of hydrogen-bond acceptors (Lipinski definition) is 6. The van der Waals surface area contributed by atoms with Gasteiger partial charge in [-0.15, -0.1) is 34.0 Å². The summed E-state index contributed by atoms with van der Waals surface area (Å²) in [5.41, 5.74) is 2.15. The van der Waals surface area contributed by atoms with E-state index in [0.29, 0.717) is 6.04 Å². The first-order chi connectivity index (χ1) is 17.0. The summed E-state index contributed by atoms with van der Waals surface area (Å²) in [5, 5.41) is 38.6. The molecule has 4 N–H and O–H groups in total. The van der Waals surface area contributed by atoms with Crippen molar-refractivity contribution in [1.29, 1.82) is 0 Å². The van der Waals surface area contributed by atoms with E-state index in [1.807, 2.05) is 12.1 Å². The van der Waals surface area contributed by atoms with Crippen molar-refractivity contribution in [1.82, 2.24) is 9.80 Å². The van der Waals surface area contributed by atoms with Crippen LogP contribution in [0, 0.1) is 0 Å². The van der Waals surface area contributed by atoms with E-state index in [4.69, 9.17) is 0 Å². The number of benzene rings is 2. The van der Waals surface area contributed by atoms with Crippen LogP contribution in [0.4, 0.5) is 0 Å². The second kappa shape index (κ2) is 17.9. The summed E-state index contributed by atoms with van der Waals surface area (Å²) in [6.45, 7) is 7.73. The van der Waals surface area contributed by atoms with Gasteiger partial charge in [-0.25, -0.2) is 0 Å². The van der Waals surface area contributed by atoms with Crippen molar-refractivity contribution in [2.75, 3.05) is 32.7 Å². The van der Waals surface area contributed by atoms with E-state index in [2.05, 4.69) is 16.7 Å². The maximum absolute atomic E-state index is 9.78. The average Bonchev–Trinajstić information content (AvgIpc) is 3.28. The van der Waals surface area contributed by atoms with Crippen LogP contribution in [0.25, 0.3) is 0 Å². The summed E-state index contributed by atoms with van der Waals surface area (Å²) >= 11 is 0. The van der Waals surface area contributed by atoms with Crippen LogP contribution in [0.2, 0.25) is 0 Å². The zero-order valence-corrected chi connectivity index (χ0v) is 25.6. The van der Waals surface area contributed by atoms with Crippen LogP contribution in [0.15, 0.2) is 36.4 Å². The first-order valence-corrected chi connectivity index (χ1v) is 13.4. The molecule has 1 saturated heterocycles. The maximum atomic E-state index is 9.78. The number of hydrogen-bond donors (Lipinski definition) is 4. The van der Waals surface area contributed by atoms with Gasteiger partial charge in [-0.05, 0) is 107 Å². The molecule has 0 aliphatic carbocycles. The van der Waals surface area contributed by atoms with E-state index in [0.717, 1.165) is 56.7 Å². The molecule has 0 amide bonds. The van der Waals surface area contributed by atoms with Gasteiger partial charge in [0.05, 0.1) is 0 Å². The fourth-order valence-electron chi connectivity index (χ4n) is 5.12. The molecule has 37 heavy (non-hydrogen) atoms.